The van der Waals surface area contributed by atoms with Crippen LogP contribution in [0.1, 0.15) is 12.6 Å². The SMILES string of the molecule is Cc1nc2ccccc2nc1NC(C)CS(C)=O. The third-order valence-corrected chi connectivity index (χ3v) is 3.58. The van der Waals surface area contributed by atoms with Gasteiger partial charge < -0.3 is 5.32 Å². The van der Waals surface area contributed by atoms with E-state index in [2.05, 4.69) is 15.3 Å². The van der Waals surface area contributed by atoms with Crippen molar-refractivity contribution < 1.29 is 4.21 Å². The van der Waals surface area contributed by atoms with Crippen molar-refractivity contribution in [2.45, 2.75) is 19.9 Å². The van der Waals surface area contributed by atoms with Crippen molar-refractivity contribution in [2.24, 2.45) is 0 Å². The Balaban J connectivity index is 2.27. The number of anilines is 1. The van der Waals surface area contributed by atoms with Crippen LogP contribution in [0.5, 0.6) is 0 Å². The Morgan fingerprint density at radius 1 is 1.28 bits per heavy atom. The van der Waals surface area contributed by atoms with Gasteiger partial charge in [-0.2, -0.15) is 0 Å². The minimum atomic E-state index is -0.814. The summed E-state index contributed by atoms with van der Waals surface area (Å²) in [6, 6.07) is 7.90. The number of aromatic nitrogens is 2. The number of aryl methyl sites for hydroxylation is 1. The van der Waals surface area contributed by atoms with Crippen LogP contribution < -0.4 is 5.32 Å². The lowest BCUT2D eigenvalue weighted by Gasteiger charge is -2.15. The summed E-state index contributed by atoms with van der Waals surface area (Å²) in [4.78, 5) is 9.06. The van der Waals surface area contributed by atoms with Gasteiger partial charge in [-0.3, -0.25) is 4.21 Å². The van der Waals surface area contributed by atoms with Gasteiger partial charge in [0.15, 0.2) is 0 Å². The lowest BCUT2D eigenvalue weighted by atomic mass is 10.3. The fourth-order valence-electron chi connectivity index (χ4n) is 1.85. The van der Waals surface area contributed by atoms with Crippen LogP contribution in [0, 0.1) is 6.92 Å². The Kier molecular flexibility index (Phi) is 3.91. The quantitative estimate of drug-likeness (QED) is 0.918. The molecule has 0 saturated carbocycles. The van der Waals surface area contributed by atoms with Crippen molar-refractivity contribution in [2.75, 3.05) is 17.3 Å². The molecule has 2 rings (SSSR count). The molecule has 0 radical (unpaired) electrons. The molecule has 1 aromatic carbocycles. The molecule has 1 N–H and O–H groups in total. The maximum Gasteiger partial charge on any atom is 0.148 e. The molecule has 0 aliphatic carbocycles. The van der Waals surface area contributed by atoms with Gasteiger partial charge in [0.25, 0.3) is 0 Å². The Hall–Kier alpha value is -1.49. The number of fused-ring (bicyclic) bond motifs is 1. The highest BCUT2D eigenvalue weighted by molar-refractivity contribution is 7.84. The molecule has 4 nitrogen and oxygen atoms in total. The molecule has 96 valence electrons. The molecule has 1 heterocycles. The lowest BCUT2D eigenvalue weighted by Crippen LogP contribution is -2.23. The predicted octanol–water partition coefficient (Wildman–Crippen LogP) is 2.12. The van der Waals surface area contributed by atoms with Gasteiger partial charge in [0.1, 0.15) is 5.82 Å². The van der Waals surface area contributed by atoms with E-state index in [0.29, 0.717) is 5.75 Å². The second-order valence-corrected chi connectivity index (χ2v) is 5.91. The maximum atomic E-state index is 11.2. The molecule has 5 heteroatoms. The number of nitrogens with one attached hydrogen (secondary N) is 1. The third-order valence-electron chi connectivity index (χ3n) is 2.61. The zero-order valence-electron chi connectivity index (χ0n) is 10.8. The molecule has 0 amide bonds. The number of benzene rings is 1. The number of hydrogen-bond donors (Lipinski definition) is 1. The fraction of sp³-hybridized carbons (Fsp3) is 0.385. The minimum absolute atomic E-state index is 0.116. The molecule has 1 aromatic heterocycles. The first-order valence-corrected chi connectivity index (χ1v) is 7.59. The highest BCUT2D eigenvalue weighted by atomic mass is 32.2. The van der Waals surface area contributed by atoms with Crippen LogP contribution in [0.2, 0.25) is 0 Å². The first-order chi connectivity index (χ1) is 8.56. The Labute approximate surface area is 109 Å². The zero-order chi connectivity index (χ0) is 13.1. The van der Waals surface area contributed by atoms with E-state index in [1.165, 1.54) is 0 Å². The molecular weight excluding hydrogens is 246 g/mol. The Bertz CT molecular complexity index is 585. The van der Waals surface area contributed by atoms with E-state index in [9.17, 15) is 4.21 Å². The van der Waals surface area contributed by atoms with Crippen LogP contribution in [0.4, 0.5) is 5.82 Å². The summed E-state index contributed by atoms with van der Waals surface area (Å²) in [5.41, 5.74) is 2.63. The topological polar surface area (TPSA) is 54.9 Å². The van der Waals surface area contributed by atoms with Crippen molar-refractivity contribution in [3.05, 3.63) is 30.0 Å². The van der Waals surface area contributed by atoms with E-state index >= 15 is 0 Å². The van der Waals surface area contributed by atoms with Crippen molar-refractivity contribution in [1.29, 1.82) is 0 Å². The van der Waals surface area contributed by atoms with Crippen molar-refractivity contribution >= 4 is 27.7 Å². The summed E-state index contributed by atoms with van der Waals surface area (Å²) in [5, 5.41) is 3.27. The number of rotatable bonds is 4. The average Bonchev–Trinajstić information content (AvgIpc) is 2.29. The summed E-state index contributed by atoms with van der Waals surface area (Å²) < 4.78 is 11.2. The van der Waals surface area contributed by atoms with Crippen LogP contribution in [0.3, 0.4) is 0 Å². The molecule has 2 unspecified atom stereocenters. The summed E-state index contributed by atoms with van der Waals surface area (Å²) in [6.45, 7) is 3.93. The van der Waals surface area contributed by atoms with E-state index in [1.54, 1.807) is 6.26 Å². The summed E-state index contributed by atoms with van der Waals surface area (Å²) in [5.74, 6) is 1.38. The predicted molar refractivity (Wildman–Crippen MR) is 76.3 cm³/mol. The van der Waals surface area contributed by atoms with Gasteiger partial charge in [-0.15, -0.1) is 0 Å². The monoisotopic (exact) mass is 263 g/mol. The van der Waals surface area contributed by atoms with Gasteiger partial charge in [0.2, 0.25) is 0 Å². The van der Waals surface area contributed by atoms with Gasteiger partial charge in [-0.1, -0.05) is 12.1 Å². The Morgan fingerprint density at radius 2 is 1.89 bits per heavy atom. The molecule has 2 atom stereocenters. The lowest BCUT2D eigenvalue weighted by molar-refractivity contribution is 0.682. The van der Waals surface area contributed by atoms with Crippen molar-refractivity contribution in [3.8, 4) is 0 Å². The van der Waals surface area contributed by atoms with E-state index in [4.69, 9.17) is 0 Å². The van der Waals surface area contributed by atoms with Crippen LogP contribution in [0.15, 0.2) is 24.3 Å². The minimum Gasteiger partial charge on any atom is -0.365 e. The van der Waals surface area contributed by atoms with Crippen molar-refractivity contribution in [3.63, 3.8) is 0 Å². The standard InChI is InChI=1S/C13H17N3OS/c1-9(8-18(3)17)14-13-10(2)15-11-6-4-5-7-12(11)16-13/h4-7,9H,8H2,1-3H3,(H,14,16). The molecule has 0 bridgehead atoms. The molecule has 2 aromatic rings. The van der Waals surface area contributed by atoms with Crippen LogP contribution in [-0.4, -0.2) is 32.2 Å². The van der Waals surface area contributed by atoms with Gasteiger partial charge in [-0.05, 0) is 26.0 Å². The van der Waals surface area contributed by atoms with Crippen LogP contribution in [-0.2, 0) is 10.8 Å². The normalized spacial score (nSPS) is 14.4. The summed E-state index contributed by atoms with van der Waals surface area (Å²) in [6.07, 6.45) is 1.71. The molecule has 0 saturated heterocycles. The largest absolute Gasteiger partial charge is 0.365 e. The smallest absolute Gasteiger partial charge is 0.148 e. The molecule has 0 aliphatic rings. The molecule has 18 heavy (non-hydrogen) atoms. The number of hydrogen-bond acceptors (Lipinski definition) is 4. The highest BCUT2D eigenvalue weighted by Crippen LogP contribution is 2.16. The first kappa shape index (κ1) is 13.0. The van der Waals surface area contributed by atoms with Gasteiger partial charge in [0.05, 0.1) is 16.7 Å². The van der Waals surface area contributed by atoms with Crippen molar-refractivity contribution in [1.82, 2.24) is 9.97 Å². The van der Waals surface area contributed by atoms with E-state index in [0.717, 1.165) is 22.5 Å². The first-order valence-electron chi connectivity index (χ1n) is 5.86. The van der Waals surface area contributed by atoms with E-state index in [1.807, 2.05) is 38.1 Å². The highest BCUT2D eigenvalue weighted by Gasteiger charge is 2.09. The fourth-order valence-corrected chi connectivity index (χ4v) is 2.64. The second kappa shape index (κ2) is 5.44. The number of nitrogens with zero attached hydrogens (tertiary/aromatic N) is 2. The van der Waals surface area contributed by atoms with E-state index in [-0.39, 0.29) is 6.04 Å². The summed E-state index contributed by atoms with van der Waals surface area (Å²) in [7, 11) is -0.814. The third kappa shape index (κ3) is 3.04. The molecular formula is C13H17N3OS. The summed E-state index contributed by atoms with van der Waals surface area (Å²) >= 11 is 0. The van der Waals surface area contributed by atoms with Crippen LogP contribution in [0.25, 0.3) is 11.0 Å². The second-order valence-electron chi connectivity index (χ2n) is 4.43. The molecule has 0 aliphatic heterocycles. The molecule has 0 spiro atoms. The number of para-hydroxylation sites is 2. The Morgan fingerprint density at radius 3 is 2.50 bits per heavy atom. The van der Waals surface area contributed by atoms with Gasteiger partial charge in [0, 0.05) is 28.9 Å². The van der Waals surface area contributed by atoms with E-state index < -0.39 is 10.8 Å². The average molecular weight is 263 g/mol. The zero-order valence-corrected chi connectivity index (χ0v) is 11.6. The van der Waals surface area contributed by atoms with Gasteiger partial charge >= 0.3 is 0 Å². The maximum absolute atomic E-state index is 11.2. The van der Waals surface area contributed by atoms with Gasteiger partial charge in [-0.25, -0.2) is 9.97 Å². The van der Waals surface area contributed by atoms with Crippen LogP contribution >= 0.6 is 0 Å². The molecule has 0 fully saturated rings.